The second-order valence-electron chi connectivity index (χ2n) is 17.0. The molecule has 4 heteroatoms. The van der Waals surface area contributed by atoms with Gasteiger partial charge in [0.15, 0.2) is 12.9 Å². The number of hydrogen-bond acceptors (Lipinski definition) is 3. The summed E-state index contributed by atoms with van der Waals surface area (Å²) in [5.74, 6) is 0. The molecule has 63 heavy (non-hydrogen) atoms. The predicted molar refractivity (Wildman–Crippen MR) is 262 cm³/mol. The highest BCUT2D eigenvalue weighted by atomic mass is 16.3. The average Bonchev–Trinajstić information content (AvgIpc) is 3.88. The van der Waals surface area contributed by atoms with E-state index in [1.54, 1.807) is 0 Å². The van der Waals surface area contributed by atoms with Crippen molar-refractivity contribution in [1.29, 1.82) is 0 Å². The molecule has 0 saturated heterocycles. The fraction of sp³-hybridized carbons (Fsp3) is 0.0169. The third kappa shape index (κ3) is 4.70. The SMILES string of the molecule is [B]1c2cccc3c2N(c2ccccc2C32c3ccccc3-c3ccccc32)c2c1c(-c1cc(-c3ccccc3)ccc1Nc1cccc3c1oc1ccccc13)cc1ccccc21. The minimum absolute atomic E-state index is 0.483. The molecule has 1 N–H and O–H groups in total. The predicted octanol–water partition coefficient (Wildman–Crippen LogP) is 13.9. The van der Waals surface area contributed by atoms with Gasteiger partial charge >= 0.3 is 0 Å². The molecule has 0 unspecified atom stereocenters. The highest BCUT2D eigenvalue weighted by molar-refractivity contribution is 6.74. The van der Waals surface area contributed by atoms with Crippen molar-refractivity contribution in [2.45, 2.75) is 5.41 Å². The smallest absolute Gasteiger partial charge is 0.197 e. The Balaban J connectivity index is 1.05. The molecule has 14 rings (SSSR count). The standard InChI is InChI=1S/C59H36BN2O/c1-2-16-36(17-3-1)37-32-33-51(61-52-29-14-23-43-42-22-8-13-31-54(42)63-58(43)52)44(34-37)45-35-38-18-4-5-19-39(38)56-55(45)60-50-28-15-27-49-57(50)62(56)53-30-12-11-26-48(53)59(49)46-24-9-6-20-40(46)41-21-7-10-25-47(41)59/h1-35,61H. The Morgan fingerprint density at radius 3 is 1.94 bits per heavy atom. The summed E-state index contributed by atoms with van der Waals surface area (Å²) in [5, 5.41) is 8.52. The molecule has 0 amide bonds. The summed E-state index contributed by atoms with van der Waals surface area (Å²) in [6, 6.07) is 77.8. The first kappa shape index (κ1) is 34.6. The van der Waals surface area contributed by atoms with Gasteiger partial charge in [-0.05, 0) is 97.3 Å². The van der Waals surface area contributed by atoms with Crippen LogP contribution >= 0.6 is 0 Å². The summed E-state index contributed by atoms with van der Waals surface area (Å²) < 4.78 is 6.57. The number of furan rings is 1. The van der Waals surface area contributed by atoms with Crippen molar-refractivity contribution in [3.8, 4) is 33.4 Å². The van der Waals surface area contributed by atoms with Gasteiger partial charge in [0.1, 0.15) is 5.58 Å². The summed E-state index contributed by atoms with van der Waals surface area (Å²) in [4.78, 5) is 2.60. The number of hydrogen-bond donors (Lipinski definition) is 1. The molecule has 1 aliphatic carbocycles. The van der Waals surface area contributed by atoms with Gasteiger partial charge in [-0.1, -0.05) is 181 Å². The molecule has 0 atom stereocenters. The molecule has 3 heterocycles. The Morgan fingerprint density at radius 2 is 1.10 bits per heavy atom. The van der Waals surface area contributed by atoms with Gasteiger partial charge in [-0.15, -0.1) is 0 Å². The zero-order valence-corrected chi connectivity index (χ0v) is 34.1. The zero-order chi connectivity index (χ0) is 41.2. The van der Waals surface area contributed by atoms with Crippen molar-refractivity contribution in [3.05, 3.63) is 235 Å². The fourth-order valence-electron chi connectivity index (χ4n) is 11.3. The van der Waals surface area contributed by atoms with Crippen LogP contribution in [0.15, 0.2) is 217 Å². The van der Waals surface area contributed by atoms with E-state index in [4.69, 9.17) is 4.42 Å². The number of nitrogens with zero attached hydrogens (tertiary/aromatic N) is 1. The highest BCUT2D eigenvalue weighted by Gasteiger charge is 2.53. The van der Waals surface area contributed by atoms with E-state index in [0.717, 1.165) is 50.0 Å². The molecular formula is C59H36BN2O. The Bertz CT molecular complexity index is 3670. The Morgan fingerprint density at radius 1 is 0.429 bits per heavy atom. The molecule has 1 aromatic heterocycles. The van der Waals surface area contributed by atoms with Gasteiger partial charge in [0.05, 0.1) is 16.8 Å². The van der Waals surface area contributed by atoms with E-state index in [1.807, 2.05) is 12.1 Å². The summed E-state index contributed by atoms with van der Waals surface area (Å²) in [5.41, 5.74) is 21.7. The molecule has 3 nitrogen and oxygen atoms in total. The molecule has 1 radical (unpaired) electrons. The maximum absolute atomic E-state index is 6.57. The summed E-state index contributed by atoms with van der Waals surface area (Å²) >= 11 is 0. The number of para-hydroxylation sites is 4. The topological polar surface area (TPSA) is 28.4 Å². The zero-order valence-electron chi connectivity index (χ0n) is 34.1. The summed E-state index contributed by atoms with van der Waals surface area (Å²) in [6.45, 7) is 0. The Labute approximate surface area is 365 Å². The molecule has 3 aliphatic rings. The van der Waals surface area contributed by atoms with Gasteiger partial charge in [-0.3, -0.25) is 0 Å². The molecule has 2 aliphatic heterocycles. The van der Waals surface area contributed by atoms with Crippen LogP contribution in [-0.4, -0.2) is 7.28 Å². The van der Waals surface area contributed by atoms with Crippen LogP contribution in [0.4, 0.5) is 28.4 Å². The van der Waals surface area contributed by atoms with Crippen LogP contribution in [0.5, 0.6) is 0 Å². The quantitative estimate of drug-likeness (QED) is 0.180. The van der Waals surface area contributed by atoms with Crippen molar-refractivity contribution < 1.29 is 4.42 Å². The van der Waals surface area contributed by atoms with Gasteiger partial charge in [-0.25, -0.2) is 0 Å². The highest BCUT2D eigenvalue weighted by Crippen LogP contribution is 2.63. The summed E-state index contributed by atoms with van der Waals surface area (Å²) in [7, 11) is 2.46. The number of rotatable bonds is 4. The number of benzene rings is 10. The van der Waals surface area contributed by atoms with Gasteiger partial charge < -0.3 is 14.6 Å². The van der Waals surface area contributed by atoms with Crippen LogP contribution in [0.2, 0.25) is 0 Å². The van der Waals surface area contributed by atoms with Crippen LogP contribution in [0.3, 0.4) is 0 Å². The molecule has 0 fully saturated rings. The molecule has 0 bridgehead atoms. The lowest BCUT2D eigenvalue weighted by Gasteiger charge is -2.48. The minimum Gasteiger partial charge on any atom is -0.454 e. The fourth-order valence-corrected chi connectivity index (χ4v) is 11.3. The third-order valence-corrected chi connectivity index (χ3v) is 13.9. The van der Waals surface area contributed by atoms with Crippen molar-refractivity contribution >= 4 is 79.4 Å². The Hall–Kier alpha value is -8.08. The maximum atomic E-state index is 6.57. The number of nitrogens with one attached hydrogen (secondary N) is 1. The first-order chi connectivity index (χ1) is 31.3. The van der Waals surface area contributed by atoms with Crippen LogP contribution in [0, 0.1) is 0 Å². The molecule has 291 valence electrons. The summed E-state index contributed by atoms with van der Waals surface area (Å²) in [6.07, 6.45) is 0. The lowest BCUT2D eigenvalue weighted by molar-refractivity contribution is 0.670. The lowest BCUT2D eigenvalue weighted by atomic mass is 9.54. The van der Waals surface area contributed by atoms with Crippen molar-refractivity contribution in [1.82, 2.24) is 0 Å². The van der Waals surface area contributed by atoms with Crippen LogP contribution < -0.4 is 21.1 Å². The molecule has 0 saturated carbocycles. The van der Waals surface area contributed by atoms with E-state index >= 15 is 0 Å². The van der Waals surface area contributed by atoms with E-state index in [-0.39, 0.29) is 0 Å². The van der Waals surface area contributed by atoms with Crippen molar-refractivity contribution in [3.63, 3.8) is 0 Å². The van der Waals surface area contributed by atoms with Crippen LogP contribution in [0.1, 0.15) is 22.3 Å². The van der Waals surface area contributed by atoms with Crippen LogP contribution in [0.25, 0.3) is 66.1 Å². The van der Waals surface area contributed by atoms with E-state index in [9.17, 15) is 0 Å². The van der Waals surface area contributed by atoms with E-state index in [2.05, 4.69) is 218 Å². The molecule has 10 aromatic carbocycles. The first-order valence-electron chi connectivity index (χ1n) is 21.8. The van der Waals surface area contributed by atoms with Crippen molar-refractivity contribution in [2.75, 3.05) is 10.2 Å². The third-order valence-electron chi connectivity index (χ3n) is 13.9. The van der Waals surface area contributed by atoms with E-state index < -0.39 is 5.41 Å². The normalized spacial score (nSPS) is 13.6. The lowest BCUT2D eigenvalue weighted by Crippen LogP contribution is -2.47. The maximum Gasteiger partial charge on any atom is 0.197 e. The second kappa shape index (κ2) is 13.0. The van der Waals surface area contributed by atoms with Gasteiger partial charge in [-0.2, -0.15) is 0 Å². The monoisotopic (exact) mass is 799 g/mol. The first-order valence-corrected chi connectivity index (χ1v) is 21.8. The van der Waals surface area contributed by atoms with E-state index in [0.29, 0.717) is 0 Å². The Kier molecular flexibility index (Phi) is 7.13. The van der Waals surface area contributed by atoms with Crippen LogP contribution in [-0.2, 0) is 5.41 Å². The van der Waals surface area contributed by atoms with Crippen molar-refractivity contribution in [2.24, 2.45) is 0 Å². The largest absolute Gasteiger partial charge is 0.454 e. The minimum atomic E-state index is -0.483. The molecule has 11 aromatic rings. The average molecular weight is 800 g/mol. The molecular weight excluding hydrogens is 763 g/mol. The van der Waals surface area contributed by atoms with Gasteiger partial charge in [0, 0.05) is 38.8 Å². The number of anilines is 5. The molecule has 1 spiro atoms. The van der Waals surface area contributed by atoms with Gasteiger partial charge in [0.2, 0.25) is 0 Å². The van der Waals surface area contributed by atoms with Gasteiger partial charge in [0.25, 0.3) is 0 Å². The van der Waals surface area contributed by atoms with E-state index in [1.165, 1.54) is 77.7 Å². The number of fused-ring (bicyclic) bond motifs is 16. The second-order valence-corrected chi connectivity index (χ2v) is 17.0.